The highest BCUT2D eigenvalue weighted by atomic mass is 32.2. The standard InChI is InChI=1S/C20H18N4S3/c1-25-19-10-18(21)23-20(24-19)26-8-7-14-9-15-16(12-27-17(15)11-22-14)13-5-3-2-4-6-13/h2-6,9-12H,7-8H2,1H3,(H2,21,23,24). The summed E-state index contributed by atoms with van der Waals surface area (Å²) in [5, 5.41) is 5.10. The molecule has 2 N–H and O–H groups in total. The van der Waals surface area contributed by atoms with Crippen molar-refractivity contribution in [1.29, 1.82) is 0 Å². The molecule has 7 heteroatoms. The van der Waals surface area contributed by atoms with Gasteiger partial charge in [-0.05, 0) is 29.7 Å². The van der Waals surface area contributed by atoms with Crippen LogP contribution in [0.2, 0.25) is 0 Å². The van der Waals surface area contributed by atoms with E-state index in [1.807, 2.05) is 18.5 Å². The highest BCUT2D eigenvalue weighted by Crippen LogP contribution is 2.34. The molecule has 0 aliphatic rings. The van der Waals surface area contributed by atoms with Crippen LogP contribution in [0.15, 0.2) is 64.2 Å². The van der Waals surface area contributed by atoms with E-state index in [1.165, 1.54) is 21.2 Å². The van der Waals surface area contributed by atoms with Gasteiger partial charge in [0.1, 0.15) is 10.8 Å². The number of hydrogen-bond donors (Lipinski definition) is 1. The second-order valence-electron chi connectivity index (χ2n) is 5.90. The molecule has 0 saturated heterocycles. The van der Waals surface area contributed by atoms with Gasteiger partial charge in [-0.2, -0.15) is 0 Å². The van der Waals surface area contributed by atoms with Crippen molar-refractivity contribution >= 4 is 50.8 Å². The molecule has 0 amide bonds. The molecule has 136 valence electrons. The highest BCUT2D eigenvalue weighted by Gasteiger charge is 2.09. The van der Waals surface area contributed by atoms with Crippen molar-refractivity contribution in [2.45, 2.75) is 16.6 Å². The van der Waals surface area contributed by atoms with Crippen LogP contribution in [0.5, 0.6) is 0 Å². The van der Waals surface area contributed by atoms with Crippen molar-refractivity contribution in [3.63, 3.8) is 0 Å². The maximum atomic E-state index is 5.85. The molecule has 0 atom stereocenters. The summed E-state index contributed by atoms with van der Waals surface area (Å²) in [7, 11) is 0. The van der Waals surface area contributed by atoms with E-state index >= 15 is 0 Å². The lowest BCUT2D eigenvalue weighted by atomic mass is 10.0. The van der Waals surface area contributed by atoms with E-state index in [1.54, 1.807) is 40.9 Å². The van der Waals surface area contributed by atoms with Crippen molar-refractivity contribution < 1.29 is 0 Å². The maximum Gasteiger partial charge on any atom is 0.190 e. The number of nitrogen functional groups attached to an aromatic ring is 1. The molecule has 0 aliphatic carbocycles. The van der Waals surface area contributed by atoms with Crippen LogP contribution in [-0.2, 0) is 6.42 Å². The molecule has 3 aromatic heterocycles. The predicted octanol–water partition coefficient (Wildman–Crippen LogP) is 5.39. The fourth-order valence-corrected chi connectivity index (χ4v) is 5.01. The Morgan fingerprint density at radius 3 is 2.78 bits per heavy atom. The topological polar surface area (TPSA) is 64.7 Å². The number of anilines is 1. The van der Waals surface area contributed by atoms with Gasteiger partial charge < -0.3 is 5.73 Å². The summed E-state index contributed by atoms with van der Waals surface area (Å²) in [6, 6.07) is 14.5. The Morgan fingerprint density at radius 2 is 1.96 bits per heavy atom. The number of aromatic nitrogens is 3. The molecule has 0 saturated carbocycles. The van der Waals surface area contributed by atoms with Crippen LogP contribution in [0.25, 0.3) is 21.2 Å². The second-order valence-corrected chi connectivity index (χ2v) is 8.70. The first-order valence-corrected chi connectivity index (χ1v) is 11.5. The van der Waals surface area contributed by atoms with Crippen LogP contribution < -0.4 is 5.73 Å². The van der Waals surface area contributed by atoms with Crippen LogP contribution in [0, 0.1) is 0 Å². The van der Waals surface area contributed by atoms with Crippen LogP contribution >= 0.6 is 34.9 Å². The van der Waals surface area contributed by atoms with E-state index in [0.717, 1.165) is 28.0 Å². The molecule has 4 nitrogen and oxygen atoms in total. The summed E-state index contributed by atoms with van der Waals surface area (Å²) in [5.74, 6) is 1.38. The van der Waals surface area contributed by atoms with Gasteiger partial charge in [-0.25, -0.2) is 9.97 Å². The molecule has 27 heavy (non-hydrogen) atoms. The van der Waals surface area contributed by atoms with Gasteiger partial charge in [-0.1, -0.05) is 42.1 Å². The number of nitrogens with two attached hydrogens (primary N) is 1. The van der Waals surface area contributed by atoms with E-state index in [-0.39, 0.29) is 0 Å². The molecule has 0 fully saturated rings. The third-order valence-electron chi connectivity index (χ3n) is 4.10. The number of thiophene rings is 1. The third kappa shape index (κ3) is 4.26. The first-order valence-electron chi connectivity index (χ1n) is 8.46. The van der Waals surface area contributed by atoms with E-state index in [4.69, 9.17) is 5.73 Å². The lowest BCUT2D eigenvalue weighted by Gasteiger charge is -2.05. The first kappa shape index (κ1) is 18.3. The number of nitrogens with zero attached hydrogens (tertiary/aromatic N) is 3. The van der Waals surface area contributed by atoms with Crippen LogP contribution in [0.4, 0.5) is 5.82 Å². The van der Waals surface area contributed by atoms with Gasteiger partial charge in [0.05, 0.1) is 4.70 Å². The molecule has 0 aliphatic heterocycles. The molecule has 3 heterocycles. The molecule has 0 unspecified atom stereocenters. The minimum Gasteiger partial charge on any atom is -0.384 e. The number of aryl methyl sites for hydroxylation is 1. The lowest BCUT2D eigenvalue weighted by molar-refractivity contribution is 0.898. The Morgan fingerprint density at radius 1 is 1.11 bits per heavy atom. The molecule has 4 aromatic rings. The van der Waals surface area contributed by atoms with Crippen molar-refractivity contribution in [2.75, 3.05) is 17.7 Å². The Balaban J connectivity index is 1.50. The summed E-state index contributed by atoms with van der Waals surface area (Å²) < 4.78 is 1.22. The fourth-order valence-electron chi connectivity index (χ4n) is 2.79. The molecule has 0 radical (unpaired) electrons. The Kier molecular flexibility index (Phi) is 5.61. The molecule has 1 aromatic carbocycles. The molecular formula is C20H18N4S3. The van der Waals surface area contributed by atoms with E-state index in [0.29, 0.717) is 5.82 Å². The summed E-state index contributed by atoms with van der Waals surface area (Å²) >= 11 is 4.93. The number of thioether (sulfide) groups is 2. The van der Waals surface area contributed by atoms with Crippen LogP contribution in [0.1, 0.15) is 5.69 Å². The first-order chi connectivity index (χ1) is 13.2. The van der Waals surface area contributed by atoms with Crippen molar-refractivity contribution in [2.24, 2.45) is 0 Å². The number of rotatable bonds is 6. The largest absolute Gasteiger partial charge is 0.384 e. The summed E-state index contributed by atoms with van der Waals surface area (Å²) in [5.41, 5.74) is 9.45. The van der Waals surface area contributed by atoms with Gasteiger partial charge in [0.15, 0.2) is 5.16 Å². The minimum absolute atomic E-state index is 0.516. The van der Waals surface area contributed by atoms with Crippen LogP contribution in [0.3, 0.4) is 0 Å². The van der Waals surface area contributed by atoms with E-state index < -0.39 is 0 Å². The van der Waals surface area contributed by atoms with Gasteiger partial charge in [0.2, 0.25) is 0 Å². The maximum absolute atomic E-state index is 5.85. The number of fused-ring (bicyclic) bond motifs is 1. The number of hydrogen-bond acceptors (Lipinski definition) is 7. The lowest BCUT2D eigenvalue weighted by Crippen LogP contribution is -1.98. The molecular weight excluding hydrogens is 392 g/mol. The minimum atomic E-state index is 0.516. The Hall–Kier alpha value is -2.09. The van der Waals surface area contributed by atoms with E-state index in [2.05, 4.69) is 50.7 Å². The Labute approximate surface area is 170 Å². The van der Waals surface area contributed by atoms with Gasteiger partial charge in [0, 0.05) is 34.7 Å². The Bertz CT molecular complexity index is 1060. The van der Waals surface area contributed by atoms with Crippen molar-refractivity contribution in [3.8, 4) is 11.1 Å². The number of pyridine rings is 1. The SMILES string of the molecule is CSc1cc(N)nc(SCCc2cc3c(-c4ccccc4)csc3cn2)n1. The highest BCUT2D eigenvalue weighted by molar-refractivity contribution is 7.99. The quantitative estimate of drug-likeness (QED) is 0.261. The van der Waals surface area contributed by atoms with Gasteiger partial charge in [0.25, 0.3) is 0 Å². The fraction of sp³-hybridized carbons (Fsp3) is 0.150. The molecule has 0 bridgehead atoms. The average Bonchev–Trinajstić information content (AvgIpc) is 3.11. The second kappa shape index (κ2) is 8.29. The smallest absolute Gasteiger partial charge is 0.190 e. The molecule has 4 rings (SSSR count). The molecule has 0 spiro atoms. The van der Waals surface area contributed by atoms with Crippen molar-refractivity contribution in [3.05, 3.63) is 59.7 Å². The summed E-state index contributed by atoms with van der Waals surface area (Å²) in [6.45, 7) is 0. The average molecular weight is 411 g/mol. The monoisotopic (exact) mass is 410 g/mol. The summed E-state index contributed by atoms with van der Waals surface area (Å²) in [4.78, 5) is 13.4. The van der Waals surface area contributed by atoms with Crippen molar-refractivity contribution in [1.82, 2.24) is 15.0 Å². The van der Waals surface area contributed by atoms with E-state index in [9.17, 15) is 0 Å². The normalized spacial score (nSPS) is 11.1. The zero-order valence-corrected chi connectivity index (χ0v) is 17.2. The predicted molar refractivity (Wildman–Crippen MR) is 118 cm³/mol. The number of benzene rings is 1. The summed E-state index contributed by atoms with van der Waals surface area (Å²) in [6.07, 6.45) is 4.83. The van der Waals surface area contributed by atoms with Gasteiger partial charge in [-0.3, -0.25) is 4.98 Å². The van der Waals surface area contributed by atoms with Gasteiger partial charge in [-0.15, -0.1) is 23.1 Å². The third-order valence-corrected chi connectivity index (χ3v) is 6.51. The van der Waals surface area contributed by atoms with Gasteiger partial charge >= 0.3 is 0 Å². The zero-order valence-electron chi connectivity index (χ0n) is 14.8. The van der Waals surface area contributed by atoms with Crippen LogP contribution in [-0.4, -0.2) is 27.0 Å². The zero-order chi connectivity index (χ0) is 18.6.